The van der Waals surface area contributed by atoms with Gasteiger partial charge in [0, 0.05) is 24.7 Å². The van der Waals surface area contributed by atoms with Gasteiger partial charge in [0.1, 0.15) is 11.6 Å². The quantitative estimate of drug-likeness (QED) is 0.726. The molecule has 0 saturated carbocycles. The molecular formula is C21H23F2NO4. The third-order valence-electron chi connectivity index (χ3n) is 5.17. The zero-order valence-electron chi connectivity index (χ0n) is 16.0. The van der Waals surface area contributed by atoms with Crippen LogP contribution in [0.25, 0.3) is 0 Å². The highest BCUT2D eigenvalue weighted by atomic mass is 19.1. The first kappa shape index (κ1) is 20.0. The van der Waals surface area contributed by atoms with Crippen LogP contribution in [-0.4, -0.2) is 36.5 Å². The Morgan fingerprint density at radius 3 is 2.71 bits per heavy atom. The number of esters is 1. The number of ether oxygens (including phenoxy) is 1. The minimum Gasteiger partial charge on any atom is -0.466 e. The van der Waals surface area contributed by atoms with Gasteiger partial charge in [-0.05, 0) is 50.8 Å². The number of rotatable bonds is 5. The number of nitrogens with zero attached hydrogens (tertiary/aromatic N) is 1. The van der Waals surface area contributed by atoms with Gasteiger partial charge >= 0.3 is 5.97 Å². The van der Waals surface area contributed by atoms with Crippen molar-refractivity contribution in [2.24, 2.45) is 5.41 Å². The van der Waals surface area contributed by atoms with Crippen LogP contribution in [0.4, 0.5) is 8.78 Å². The molecule has 2 aromatic rings. The number of carbonyl (C=O) groups is 2. The van der Waals surface area contributed by atoms with Gasteiger partial charge in [0.15, 0.2) is 5.76 Å². The molecule has 1 saturated heterocycles. The van der Waals surface area contributed by atoms with Gasteiger partial charge in [-0.15, -0.1) is 0 Å². The van der Waals surface area contributed by atoms with Gasteiger partial charge in [-0.25, -0.2) is 8.78 Å². The Kier molecular flexibility index (Phi) is 5.82. The van der Waals surface area contributed by atoms with E-state index in [2.05, 4.69) is 0 Å². The summed E-state index contributed by atoms with van der Waals surface area (Å²) in [7, 11) is 0. The second kappa shape index (κ2) is 8.12. The van der Waals surface area contributed by atoms with E-state index in [0.29, 0.717) is 24.9 Å². The number of aryl methyl sites for hydroxylation is 1. The van der Waals surface area contributed by atoms with Gasteiger partial charge in [0.2, 0.25) is 0 Å². The predicted molar refractivity (Wildman–Crippen MR) is 97.7 cm³/mol. The highest BCUT2D eigenvalue weighted by Crippen LogP contribution is 2.36. The van der Waals surface area contributed by atoms with Crippen molar-refractivity contribution in [3.05, 3.63) is 59.1 Å². The number of benzene rings is 1. The van der Waals surface area contributed by atoms with Crippen LogP contribution in [0.3, 0.4) is 0 Å². The molecule has 7 heteroatoms. The number of halogens is 2. The SMILES string of the molecule is CCOC(=O)[C@@]1(Cc2ccc(F)cc2F)CCCN(C(=O)c2occc2C)C1. The summed E-state index contributed by atoms with van der Waals surface area (Å²) in [5.74, 6) is -1.95. The van der Waals surface area contributed by atoms with Crippen molar-refractivity contribution in [2.75, 3.05) is 19.7 Å². The number of piperidine rings is 1. The van der Waals surface area contributed by atoms with Crippen molar-refractivity contribution < 1.29 is 27.5 Å². The highest BCUT2D eigenvalue weighted by Gasteiger charge is 2.45. The molecule has 150 valence electrons. The fourth-order valence-electron chi connectivity index (χ4n) is 3.74. The lowest BCUT2D eigenvalue weighted by Gasteiger charge is -2.41. The Morgan fingerprint density at radius 1 is 1.29 bits per heavy atom. The second-order valence-electron chi connectivity index (χ2n) is 7.18. The molecule has 1 amide bonds. The van der Waals surface area contributed by atoms with Gasteiger partial charge in [-0.2, -0.15) is 0 Å². The Hall–Kier alpha value is -2.70. The second-order valence-corrected chi connectivity index (χ2v) is 7.18. The van der Waals surface area contributed by atoms with Crippen LogP contribution in [-0.2, 0) is 16.0 Å². The molecule has 0 unspecified atom stereocenters. The standard InChI is InChI=1S/C21H23F2NO4/c1-3-27-20(26)21(12-15-5-6-16(22)11-17(15)23)8-4-9-24(13-21)19(25)18-14(2)7-10-28-18/h5-7,10-11H,3-4,8-9,12-13H2,1-2H3/t21-/m1/s1. The topological polar surface area (TPSA) is 59.8 Å². The largest absolute Gasteiger partial charge is 0.466 e. The number of likely N-dealkylation sites (tertiary alicyclic amines) is 1. The van der Waals surface area contributed by atoms with Gasteiger partial charge in [-0.1, -0.05) is 6.07 Å². The third kappa shape index (κ3) is 3.93. The van der Waals surface area contributed by atoms with Crippen molar-refractivity contribution in [3.8, 4) is 0 Å². The first-order chi connectivity index (χ1) is 13.4. The summed E-state index contributed by atoms with van der Waals surface area (Å²) in [4.78, 5) is 27.3. The molecule has 1 fully saturated rings. The number of hydrogen-bond acceptors (Lipinski definition) is 4. The summed E-state index contributed by atoms with van der Waals surface area (Å²) in [5.41, 5.74) is -0.164. The van der Waals surface area contributed by atoms with Crippen LogP contribution in [0, 0.1) is 24.0 Å². The summed E-state index contributed by atoms with van der Waals surface area (Å²) in [5, 5.41) is 0. The Bertz CT molecular complexity index is 879. The predicted octanol–water partition coefficient (Wildman–Crippen LogP) is 3.89. The van der Waals surface area contributed by atoms with Crippen LogP contribution >= 0.6 is 0 Å². The van der Waals surface area contributed by atoms with E-state index in [0.717, 1.165) is 12.1 Å². The number of hydrogen-bond donors (Lipinski definition) is 0. The van der Waals surface area contributed by atoms with E-state index in [-0.39, 0.29) is 36.8 Å². The van der Waals surface area contributed by atoms with Crippen LogP contribution in [0.5, 0.6) is 0 Å². The molecule has 0 aliphatic carbocycles. The molecule has 1 aromatic carbocycles. The smallest absolute Gasteiger partial charge is 0.314 e. The molecule has 0 radical (unpaired) electrons. The van der Waals surface area contributed by atoms with E-state index in [4.69, 9.17) is 9.15 Å². The molecule has 5 nitrogen and oxygen atoms in total. The molecule has 0 spiro atoms. The highest BCUT2D eigenvalue weighted by molar-refractivity contribution is 5.93. The number of carbonyl (C=O) groups excluding carboxylic acids is 2. The van der Waals surface area contributed by atoms with Crippen molar-refractivity contribution in [1.29, 1.82) is 0 Å². The van der Waals surface area contributed by atoms with Gasteiger partial charge in [0.25, 0.3) is 5.91 Å². The maximum Gasteiger partial charge on any atom is 0.314 e. The fraction of sp³-hybridized carbons (Fsp3) is 0.429. The van der Waals surface area contributed by atoms with Gasteiger partial charge < -0.3 is 14.1 Å². The third-order valence-corrected chi connectivity index (χ3v) is 5.17. The zero-order chi connectivity index (χ0) is 20.3. The molecule has 1 atom stereocenters. The van der Waals surface area contributed by atoms with E-state index in [1.165, 1.54) is 12.3 Å². The lowest BCUT2D eigenvalue weighted by Crippen LogP contribution is -2.51. The number of amides is 1. The van der Waals surface area contributed by atoms with Crippen molar-refractivity contribution in [3.63, 3.8) is 0 Å². The van der Waals surface area contributed by atoms with Gasteiger partial charge in [0.05, 0.1) is 18.3 Å². The van der Waals surface area contributed by atoms with E-state index in [9.17, 15) is 18.4 Å². The average molecular weight is 391 g/mol. The normalized spacial score (nSPS) is 19.5. The minimum absolute atomic E-state index is 0.0267. The van der Waals surface area contributed by atoms with Crippen LogP contribution < -0.4 is 0 Å². The monoisotopic (exact) mass is 391 g/mol. The minimum atomic E-state index is -1.09. The molecule has 0 bridgehead atoms. The van der Waals surface area contributed by atoms with E-state index < -0.39 is 23.0 Å². The lowest BCUT2D eigenvalue weighted by atomic mass is 9.74. The Labute approximate surface area is 162 Å². The Balaban J connectivity index is 1.91. The summed E-state index contributed by atoms with van der Waals surface area (Å²) < 4.78 is 38.1. The molecule has 1 aliphatic heterocycles. The fourth-order valence-corrected chi connectivity index (χ4v) is 3.74. The summed E-state index contributed by atoms with van der Waals surface area (Å²) in [6.07, 6.45) is 2.48. The summed E-state index contributed by atoms with van der Waals surface area (Å²) >= 11 is 0. The van der Waals surface area contributed by atoms with Crippen LogP contribution in [0.2, 0.25) is 0 Å². The maximum atomic E-state index is 14.3. The molecule has 1 aliphatic rings. The summed E-state index contributed by atoms with van der Waals surface area (Å²) in [6, 6.07) is 4.99. The van der Waals surface area contributed by atoms with E-state index >= 15 is 0 Å². The maximum absolute atomic E-state index is 14.3. The molecule has 1 aromatic heterocycles. The Morgan fingerprint density at radius 2 is 2.07 bits per heavy atom. The lowest BCUT2D eigenvalue weighted by molar-refractivity contribution is -0.158. The molecule has 28 heavy (non-hydrogen) atoms. The molecular weight excluding hydrogens is 368 g/mol. The van der Waals surface area contributed by atoms with E-state index in [1.807, 2.05) is 0 Å². The van der Waals surface area contributed by atoms with E-state index in [1.54, 1.807) is 24.8 Å². The van der Waals surface area contributed by atoms with Crippen LogP contribution in [0.1, 0.15) is 41.4 Å². The molecule has 3 rings (SSSR count). The summed E-state index contributed by atoms with van der Waals surface area (Å²) in [6.45, 7) is 4.20. The van der Waals surface area contributed by atoms with Crippen molar-refractivity contribution >= 4 is 11.9 Å². The van der Waals surface area contributed by atoms with Crippen LogP contribution in [0.15, 0.2) is 34.9 Å². The first-order valence-electron chi connectivity index (χ1n) is 9.31. The zero-order valence-corrected chi connectivity index (χ0v) is 16.0. The first-order valence-corrected chi connectivity index (χ1v) is 9.31. The molecule has 2 heterocycles. The average Bonchev–Trinajstić information content (AvgIpc) is 3.10. The van der Waals surface area contributed by atoms with Gasteiger partial charge in [-0.3, -0.25) is 9.59 Å². The number of furan rings is 1. The van der Waals surface area contributed by atoms with Crippen molar-refractivity contribution in [2.45, 2.75) is 33.1 Å². The molecule has 0 N–H and O–H groups in total. The van der Waals surface area contributed by atoms with Crippen molar-refractivity contribution in [1.82, 2.24) is 4.90 Å².